The van der Waals surface area contributed by atoms with Crippen molar-refractivity contribution in [3.05, 3.63) is 23.8 Å². The van der Waals surface area contributed by atoms with E-state index in [-0.39, 0.29) is 12.6 Å². The van der Waals surface area contributed by atoms with Crippen molar-refractivity contribution in [1.82, 2.24) is 5.43 Å². The number of hydrazine groups is 1. The fourth-order valence-corrected chi connectivity index (χ4v) is 1.83. The van der Waals surface area contributed by atoms with Gasteiger partial charge >= 0.3 is 0 Å². The maximum atomic E-state index is 12.0. The van der Waals surface area contributed by atoms with Gasteiger partial charge in [-0.05, 0) is 24.6 Å². The van der Waals surface area contributed by atoms with Gasteiger partial charge < -0.3 is 10.5 Å². The van der Waals surface area contributed by atoms with Crippen molar-refractivity contribution in [2.24, 2.45) is 11.6 Å². The minimum absolute atomic E-state index is 0.121. The second-order valence-corrected chi connectivity index (χ2v) is 3.89. The number of nitrogens with two attached hydrogens (primary N) is 2. The molecule has 0 aliphatic carbocycles. The van der Waals surface area contributed by atoms with Gasteiger partial charge in [-0.15, -0.1) is 0 Å². The van der Waals surface area contributed by atoms with Gasteiger partial charge in [0, 0.05) is 6.54 Å². The van der Waals surface area contributed by atoms with E-state index in [4.69, 9.17) is 16.3 Å². The lowest BCUT2D eigenvalue weighted by molar-refractivity contribution is -0.125. The van der Waals surface area contributed by atoms with Crippen molar-refractivity contribution in [2.45, 2.75) is 19.6 Å². The Balaban J connectivity index is 2.43. The standard InChI is InChI=1S/C11H16N4O2/c1-7-11(16)15(6-14-13)9-4-8(5-12)2-3-10(9)17-7/h2-4,7,14H,5-6,12-13H2,1H3. The molecule has 0 fully saturated rings. The summed E-state index contributed by atoms with van der Waals surface area (Å²) in [5, 5.41) is 0. The quantitative estimate of drug-likeness (QED) is 0.494. The van der Waals surface area contributed by atoms with E-state index in [0.29, 0.717) is 18.0 Å². The Morgan fingerprint density at radius 1 is 1.53 bits per heavy atom. The molecule has 1 aromatic carbocycles. The maximum absolute atomic E-state index is 12.0. The Morgan fingerprint density at radius 3 is 2.94 bits per heavy atom. The van der Waals surface area contributed by atoms with Crippen LogP contribution in [0.15, 0.2) is 18.2 Å². The molecule has 6 nitrogen and oxygen atoms in total. The van der Waals surface area contributed by atoms with Gasteiger partial charge in [0.1, 0.15) is 5.75 Å². The topological polar surface area (TPSA) is 93.6 Å². The minimum atomic E-state index is -0.500. The van der Waals surface area contributed by atoms with E-state index in [1.807, 2.05) is 18.2 Å². The van der Waals surface area contributed by atoms with Crippen molar-refractivity contribution in [2.75, 3.05) is 11.6 Å². The number of anilines is 1. The number of nitrogens with one attached hydrogen (secondary N) is 1. The molecule has 6 heteroatoms. The van der Waals surface area contributed by atoms with Crippen LogP contribution >= 0.6 is 0 Å². The van der Waals surface area contributed by atoms with Crippen LogP contribution in [0, 0.1) is 0 Å². The molecule has 2 rings (SSSR count). The first-order chi connectivity index (χ1) is 8.17. The monoisotopic (exact) mass is 236 g/mol. The summed E-state index contributed by atoms with van der Waals surface area (Å²) >= 11 is 0. The van der Waals surface area contributed by atoms with Gasteiger partial charge in [0.25, 0.3) is 5.91 Å². The molecule has 1 atom stereocenters. The predicted octanol–water partition coefficient (Wildman–Crippen LogP) is -0.320. The van der Waals surface area contributed by atoms with Crippen LogP contribution in [0.5, 0.6) is 5.75 Å². The second kappa shape index (κ2) is 4.70. The van der Waals surface area contributed by atoms with E-state index < -0.39 is 6.10 Å². The highest BCUT2D eigenvalue weighted by atomic mass is 16.5. The number of carbonyl (C=O) groups is 1. The fourth-order valence-electron chi connectivity index (χ4n) is 1.83. The highest BCUT2D eigenvalue weighted by Gasteiger charge is 2.31. The highest BCUT2D eigenvalue weighted by Crippen LogP contribution is 2.34. The summed E-state index contributed by atoms with van der Waals surface area (Å²) in [5.41, 5.74) is 9.71. The van der Waals surface area contributed by atoms with Crippen LogP contribution in [-0.4, -0.2) is 18.7 Å². The largest absolute Gasteiger partial charge is 0.479 e. The second-order valence-electron chi connectivity index (χ2n) is 3.89. The molecule has 1 amide bonds. The molecule has 0 saturated heterocycles. The summed E-state index contributed by atoms with van der Waals surface area (Å²) in [6, 6.07) is 5.55. The molecule has 17 heavy (non-hydrogen) atoms. The number of benzene rings is 1. The first-order valence-electron chi connectivity index (χ1n) is 5.42. The zero-order valence-corrected chi connectivity index (χ0v) is 9.64. The molecule has 92 valence electrons. The van der Waals surface area contributed by atoms with Crippen LogP contribution in [0.4, 0.5) is 5.69 Å². The van der Waals surface area contributed by atoms with Gasteiger partial charge in [-0.25, -0.2) is 5.43 Å². The summed E-state index contributed by atoms with van der Waals surface area (Å²) < 4.78 is 5.52. The zero-order valence-electron chi connectivity index (χ0n) is 9.64. The SMILES string of the molecule is CC1Oc2ccc(CN)cc2N(CNN)C1=O. The van der Waals surface area contributed by atoms with Crippen LogP contribution in [0.2, 0.25) is 0 Å². The third-order valence-corrected chi connectivity index (χ3v) is 2.72. The lowest BCUT2D eigenvalue weighted by Crippen LogP contribution is -2.49. The smallest absolute Gasteiger partial charge is 0.269 e. The Hall–Kier alpha value is -1.63. The third-order valence-electron chi connectivity index (χ3n) is 2.72. The lowest BCUT2D eigenvalue weighted by atomic mass is 10.1. The van der Waals surface area contributed by atoms with Crippen LogP contribution in [0.25, 0.3) is 0 Å². The van der Waals surface area contributed by atoms with Crippen LogP contribution in [-0.2, 0) is 11.3 Å². The molecule has 0 saturated carbocycles. The predicted molar refractivity (Wildman–Crippen MR) is 64.1 cm³/mol. The number of rotatable bonds is 3. The van der Waals surface area contributed by atoms with Crippen molar-refractivity contribution in [3.8, 4) is 5.75 Å². The van der Waals surface area contributed by atoms with Gasteiger partial charge in [-0.3, -0.25) is 15.5 Å². The molecule has 1 aromatic rings. The molecular formula is C11H16N4O2. The number of hydrogen-bond donors (Lipinski definition) is 3. The van der Waals surface area contributed by atoms with Gasteiger partial charge in [-0.1, -0.05) is 6.07 Å². The molecule has 1 unspecified atom stereocenters. The summed E-state index contributed by atoms with van der Waals surface area (Å²) in [7, 11) is 0. The molecule has 0 radical (unpaired) electrons. The van der Waals surface area contributed by atoms with E-state index in [1.165, 1.54) is 0 Å². The van der Waals surface area contributed by atoms with Crippen LogP contribution < -0.4 is 26.6 Å². The molecule has 1 heterocycles. The molecule has 0 spiro atoms. The molecule has 0 bridgehead atoms. The Bertz CT molecular complexity index is 435. The van der Waals surface area contributed by atoms with Gasteiger partial charge in [0.05, 0.1) is 12.4 Å². The van der Waals surface area contributed by atoms with Crippen molar-refractivity contribution in [3.63, 3.8) is 0 Å². The normalized spacial score (nSPS) is 18.9. The van der Waals surface area contributed by atoms with Crippen LogP contribution in [0.1, 0.15) is 12.5 Å². The lowest BCUT2D eigenvalue weighted by Gasteiger charge is -2.33. The molecular weight excluding hydrogens is 220 g/mol. The summed E-state index contributed by atoms with van der Waals surface area (Å²) in [6.07, 6.45) is -0.500. The summed E-state index contributed by atoms with van der Waals surface area (Å²) in [4.78, 5) is 13.5. The third kappa shape index (κ3) is 2.10. The minimum Gasteiger partial charge on any atom is -0.479 e. The van der Waals surface area contributed by atoms with Crippen molar-refractivity contribution < 1.29 is 9.53 Å². The molecule has 1 aliphatic rings. The van der Waals surface area contributed by atoms with E-state index in [1.54, 1.807) is 11.8 Å². The number of amides is 1. The number of nitrogens with zero attached hydrogens (tertiary/aromatic N) is 1. The average molecular weight is 236 g/mol. The fraction of sp³-hybridized carbons (Fsp3) is 0.364. The molecule has 1 aliphatic heterocycles. The van der Waals surface area contributed by atoms with E-state index in [9.17, 15) is 4.79 Å². The van der Waals surface area contributed by atoms with Gasteiger partial charge in [0.2, 0.25) is 0 Å². The summed E-state index contributed by atoms with van der Waals surface area (Å²) in [6.45, 7) is 2.38. The number of carbonyl (C=O) groups excluding carboxylic acids is 1. The maximum Gasteiger partial charge on any atom is 0.269 e. The number of fused-ring (bicyclic) bond motifs is 1. The van der Waals surface area contributed by atoms with E-state index >= 15 is 0 Å². The molecule has 0 aromatic heterocycles. The zero-order chi connectivity index (χ0) is 12.4. The Kier molecular flexibility index (Phi) is 3.28. The average Bonchev–Trinajstić information content (AvgIpc) is 2.34. The number of hydrogen-bond acceptors (Lipinski definition) is 5. The highest BCUT2D eigenvalue weighted by molar-refractivity contribution is 5.99. The summed E-state index contributed by atoms with van der Waals surface area (Å²) in [5.74, 6) is 5.84. The Labute approximate surface area is 99.5 Å². The van der Waals surface area contributed by atoms with Gasteiger partial charge in [0.15, 0.2) is 6.10 Å². The molecule has 5 N–H and O–H groups in total. The Morgan fingerprint density at radius 2 is 2.29 bits per heavy atom. The van der Waals surface area contributed by atoms with Gasteiger partial charge in [-0.2, -0.15) is 0 Å². The van der Waals surface area contributed by atoms with E-state index in [2.05, 4.69) is 5.43 Å². The van der Waals surface area contributed by atoms with Crippen molar-refractivity contribution in [1.29, 1.82) is 0 Å². The first kappa shape index (κ1) is 11.8. The van der Waals surface area contributed by atoms with Crippen LogP contribution in [0.3, 0.4) is 0 Å². The van der Waals surface area contributed by atoms with Crippen molar-refractivity contribution >= 4 is 11.6 Å². The van der Waals surface area contributed by atoms with E-state index in [0.717, 1.165) is 5.56 Å². The first-order valence-corrected chi connectivity index (χ1v) is 5.42. The number of ether oxygens (including phenoxy) is 1.